The number of anilines is 1. The number of H-pyrrole nitrogens is 2. The van der Waals surface area contributed by atoms with Crippen LogP contribution in [0.15, 0.2) is 67.3 Å². The van der Waals surface area contributed by atoms with Crippen molar-refractivity contribution in [3.8, 4) is 33.0 Å². The molecule has 1 fully saturated rings. The van der Waals surface area contributed by atoms with Gasteiger partial charge in [0.2, 0.25) is 5.91 Å². The summed E-state index contributed by atoms with van der Waals surface area (Å²) in [5, 5.41) is 12.8. The van der Waals surface area contributed by atoms with E-state index in [2.05, 4.69) is 42.6 Å². The summed E-state index contributed by atoms with van der Waals surface area (Å²) >= 11 is 1.47. The van der Waals surface area contributed by atoms with Gasteiger partial charge in [-0.1, -0.05) is 18.9 Å². The average molecular weight is 547 g/mol. The molecule has 1 aliphatic rings. The number of hydrogen-bond donors (Lipinski definition) is 3. The highest BCUT2D eigenvalue weighted by atomic mass is 32.1. The Hall–Kier alpha value is -4.63. The van der Waals surface area contributed by atoms with Crippen molar-refractivity contribution in [3.05, 3.63) is 72.1 Å². The number of amides is 1. The Morgan fingerprint density at radius 2 is 1.75 bits per heavy atom. The van der Waals surface area contributed by atoms with Gasteiger partial charge in [0.1, 0.15) is 5.69 Å². The smallest absolute Gasteiger partial charge is 0.227 e. The molecule has 5 aromatic heterocycles. The first-order valence-corrected chi connectivity index (χ1v) is 14.2. The summed E-state index contributed by atoms with van der Waals surface area (Å²) in [6.07, 6.45) is 11.3. The van der Waals surface area contributed by atoms with Gasteiger partial charge in [0.05, 0.1) is 39.7 Å². The van der Waals surface area contributed by atoms with Crippen LogP contribution in [0.4, 0.5) is 5.69 Å². The van der Waals surface area contributed by atoms with Crippen LogP contribution in [-0.4, -0.2) is 36.8 Å². The summed E-state index contributed by atoms with van der Waals surface area (Å²) in [5.41, 5.74) is 7.06. The molecule has 8 nitrogen and oxygen atoms in total. The number of benzene rings is 1. The maximum Gasteiger partial charge on any atom is 0.227 e. The second kappa shape index (κ2) is 9.84. The summed E-state index contributed by atoms with van der Waals surface area (Å²) in [7, 11) is 0. The standard InChI is InChI=1S/C31H26N6O2S/c1-17(38)28-8-9-29(40-28)24-15-33-16-27-22(24)12-26(35-27)30-23-11-19(6-7-25(23)36-37-30)20-10-21(14-32-13-20)34-31(39)18-4-2-3-5-18/h6-16,18,35H,2-5H2,1H3,(H,34,39)(H,36,37). The van der Waals surface area contributed by atoms with E-state index in [0.717, 1.165) is 85.3 Å². The highest BCUT2D eigenvalue weighted by Crippen LogP contribution is 2.37. The van der Waals surface area contributed by atoms with E-state index in [1.165, 1.54) is 11.3 Å². The van der Waals surface area contributed by atoms with Crippen LogP contribution in [-0.2, 0) is 4.79 Å². The Balaban J connectivity index is 1.24. The highest BCUT2D eigenvalue weighted by Gasteiger charge is 2.23. The number of hydrogen-bond acceptors (Lipinski definition) is 6. The van der Waals surface area contributed by atoms with E-state index in [1.54, 1.807) is 19.3 Å². The lowest BCUT2D eigenvalue weighted by atomic mass is 10.0. The molecule has 0 saturated heterocycles. The van der Waals surface area contributed by atoms with Crippen LogP contribution in [0.3, 0.4) is 0 Å². The van der Waals surface area contributed by atoms with Crippen molar-refractivity contribution in [2.45, 2.75) is 32.6 Å². The summed E-state index contributed by atoms with van der Waals surface area (Å²) in [4.78, 5) is 38.5. The zero-order valence-corrected chi connectivity index (χ0v) is 22.6. The van der Waals surface area contributed by atoms with E-state index in [0.29, 0.717) is 5.69 Å². The lowest BCUT2D eigenvalue weighted by molar-refractivity contribution is -0.119. The van der Waals surface area contributed by atoms with Gasteiger partial charge in [0.25, 0.3) is 0 Å². The van der Waals surface area contributed by atoms with Crippen LogP contribution in [0.1, 0.15) is 42.3 Å². The number of fused-ring (bicyclic) bond motifs is 2. The molecular weight excluding hydrogens is 520 g/mol. The van der Waals surface area contributed by atoms with Crippen LogP contribution < -0.4 is 5.32 Å². The Labute approximate surface area is 233 Å². The average Bonchev–Trinajstić information content (AvgIpc) is 3.78. The predicted octanol–water partition coefficient (Wildman–Crippen LogP) is 7.23. The monoisotopic (exact) mass is 546 g/mol. The summed E-state index contributed by atoms with van der Waals surface area (Å²) in [5.74, 6) is 0.232. The molecule has 1 saturated carbocycles. The van der Waals surface area contributed by atoms with E-state index in [1.807, 2.05) is 42.7 Å². The van der Waals surface area contributed by atoms with E-state index >= 15 is 0 Å². The number of nitrogens with one attached hydrogen (secondary N) is 3. The third kappa shape index (κ3) is 4.38. The van der Waals surface area contributed by atoms with Crippen molar-refractivity contribution >= 4 is 50.5 Å². The first-order valence-electron chi connectivity index (χ1n) is 13.4. The molecule has 0 bridgehead atoms. The lowest BCUT2D eigenvalue weighted by Gasteiger charge is -2.11. The lowest BCUT2D eigenvalue weighted by Crippen LogP contribution is -2.20. The fourth-order valence-electron chi connectivity index (χ4n) is 5.54. The first kappa shape index (κ1) is 24.4. The molecule has 0 unspecified atom stereocenters. The van der Waals surface area contributed by atoms with Crippen LogP contribution in [0.2, 0.25) is 0 Å². The normalized spacial score (nSPS) is 13.8. The summed E-state index contributed by atoms with van der Waals surface area (Å²) in [6, 6.07) is 14.0. The molecular formula is C31H26N6O2S. The van der Waals surface area contributed by atoms with E-state index in [4.69, 9.17) is 0 Å². The van der Waals surface area contributed by atoms with Crippen LogP contribution >= 0.6 is 11.3 Å². The highest BCUT2D eigenvalue weighted by molar-refractivity contribution is 7.17. The van der Waals surface area contributed by atoms with Gasteiger partial charge >= 0.3 is 0 Å². The Bertz CT molecular complexity index is 1910. The number of pyridine rings is 2. The van der Waals surface area contributed by atoms with Crippen LogP contribution in [0.25, 0.3) is 54.8 Å². The Morgan fingerprint density at radius 1 is 0.900 bits per heavy atom. The van der Waals surface area contributed by atoms with Crippen molar-refractivity contribution in [1.29, 1.82) is 0 Å². The number of aromatic nitrogens is 5. The van der Waals surface area contributed by atoms with Gasteiger partial charge in [-0.3, -0.25) is 24.7 Å². The van der Waals surface area contributed by atoms with Gasteiger partial charge in [-0.2, -0.15) is 5.10 Å². The van der Waals surface area contributed by atoms with Crippen LogP contribution in [0.5, 0.6) is 0 Å². The number of aromatic amines is 2. The Morgan fingerprint density at radius 3 is 2.58 bits per heavy atom. The van der Waals surface area contributed by atoms with Gasteiger partial charge < -0.3 is 10.3 Å². The molecule has 0 spiro atoms. The zero-order valence-electron chi connectivity index (χ0n) is 21.8. The number of carbonyl (C=O) groups is 2. The van der Waals surface area contributed by atoms with Crippen LogP contribution in [0, 0.1) is 5.92 Å². The van der Waals surface area contributed by atoms with Gasteiger partial charge in [0, 0.05) is 45.1 Å². The zero-order chi connectivity index (χ0) is 27.2. The molecule has 1 aliphatic carbocycles. The number of Topliss-reactive ketones (excluding diaryl/α,β-unsaturated/α-hetero) is 1. The van der Waals surface area contributed by atoms with Gasteiger partial charge in [0.15, 0.2) is 5.78 Å². The van der Waals surface area contributed by atoms with E-state index < -0.39 is 0 Å². The molecule has 198 valence electrons. The second-order valence-corrected chi connectivity index (χ2v) is 11.4. The fourth-order valence-corrected chi connectivity index (χ4v) is 6.47. The van der Waals surface area contributed by atoms with Crippen molar-refractivity contribution < 1.29 is 9.59 Å². The molecule has 1 amide bonds. The van der Waals surface area contributed by atoms with Crippen molar-refractivity contribution in [3.63, 3.8) is 0 Å². The molecule has 7 rings (SSSR count). The van der Waals surface area contributed by atoms with Crippen molar-refractivity contribution in [2.75, 3.05) is 5.32 Å². The summed E-state index contributed by atoms with van der Waals surface area (Å²) < 4.78 is 0. The van der Waals surface area contributed by atoms with E-state index in [-0.39, 0.29) is 17.6 Å². The minimum Gasteiger partial charge on any atom is -0.352 e. The molecule has 40 heavy (non-hydrogen) atoms. The number of carbonyl (C=O) groups excluding carboxylic acids is 2. The fraction of sp³-hybridized carbons (Fsp3) is 0.194. The SMILES string of the molecule is CC(=O)c1ccc(-c2cncc3[nH]c(-c4n[nH]c5ccc(-c6cncc(NC(=O)C7CCCC7)c6)cc45)cc23)s1. The number of thiophene rings is 1. The Kier molecular flexibility index (Phi) is 6.00. The third-order valence-electron chi connectivity index (χ3n) is 7.65. The van der Waals surface area contributed by atoms with Crippen molar-refractivity contribution in [2.24, 2.45) is 5.92 Å². The molecule has 9 heteroatoms. The molecule has 6 aromatic rings. The number of nitrogens with zero attached hydrogens (tertiary/aromatic N) is 3. The summed E-state index contributed by atoms with van der Waals surface area (Å²) in [6.45, 7) is 1.58. The maximum atomic E-state index is 12.7. The third-order valence-corrected chi connectivity index (χ3v) is 8.87. The number of ketones is 1. The minimum absolute atomic E-state index is 0.0573. The molecule has 1 aromatic carbocycles. The van der Waals surface area contributed by atoms with E-state index in [9.17, 15) is 9.59 Å². The minimum atomic E-state index is 0.0573. The predicted molar refractivity (Wildman–Crippen MR) is 158 cm³/mol. The molecule has 3 N–H and O–H groups in total. The quantitative estimate of drug-likeness (QED) is 0.191. The first-order chi connectivity index (χ1) is 19.5. The molecule has 0 radical (unpaired) electrons. The second-order valence-electron chi connectivity index (χ2n) is 10.3. The number of rotatable bonds is 6. The van der Waals surface area contributed by atoms with Gasteiger partial charge in [-0.15, -0.1) is 11.3 Å². The molecule has 0 aliphatic heterocycles. The van der Waals surface area contributed by atoms with Gasteiger partial charge in [-0.25, -0.2) is 0 Å². The largest absolute Gasteiger partial charge is 0.352 e. The molecule has 0 atom stereocenters. The molecule has 5 heterocycles. The van der Waals surface area contributed by atoms with Crippen molar-refractivity contribution in [1.82, 2.24) is 25.1 Å². The van der Waals surface area contributed by atoms with Gasteiger partial charge in [-0.05, 0) is 61.7 Å². The topological polar surface area (TPSA) is 116 Å². The maximum absolute atomic E-state index is 12.7.